The molecule has 0 radical (unpaired) electrons. The van der Waals surface area contributed by atoms with E-state index in [4.69, 9.17) is 16.7 Å². The summed E-state index contributed by atoms with van der Waals surface area (Å²) in [5.41, 5.74) is 0. The second-order valence-electron chi connectivity index (χ2n) is 3.94. The van der Waals surface area contributed by atoms with Crippen LogP contribution in [0.3, 0.4) is 0 Å². The molecule has 1 heterocycles. The average Bonchev–Trinajstić information content (AvgIpc) is 2.48. The SMILES string of the molecule is CC(Cn1c(Cl)cnc1C(C)C)C(=O)O. The van der Waals surface area contributed by atoms with Gasteiger partial charge in [0.1, 0.15) is 11.0 Å². The fourth-order valence-electron chi connectivity index (χ4n) is 1.36. The number of hydrogen-bond donors (Lipinski definition) is 1. The molecule has 1 atom stereocenters. The predicted molar refractivity (Wildman–Crippen MR) is 58.1 cm³/mol. The molecule has 5 heteroatoms. The maximum atomic E-state index is 10.7. The molecule has 0 amide bonds. The van der Waals surface area contributed by atoms with Crippen molar-refractivity contribution in [3.63, 3.8) is 0 Å². The Morgan fingerprint density at radius 3 is 2.67 bits per heavy atom. The van der Waals surface area contributed by atoms with Gasteiger partial charge >= 0.3 is 5.97 Å². The van der Waals surface area contributed by atoms with Crippen LogP contribution in [0.2, 0.25) is 5.15 Å². The minimum Gasteiger partial charge on any atom is -0.481 e. The van der Waals surface area contributed by atoms with E-state index in [2.05, 4.69) is 4.98 Å². The highest BCUT2D eigenvalue weighted by molar-refractivity contribution is 6.29. The maximum absolute atomic E-state index is 10.7. The number of aliphatic carboxylic acids is 1. The molecular weight excluding hydrogens is 216 g/mol. The first-order valence-corrected chi connectivity index (χ1v) is 5.25. The molecule has 84 valence electrons. The van der Waals surface area contributed by atoms with Crippen molar-refractivity contribution < 1.29 is 9.90 Å². The highest BCUT2D eigenvalue weighted by atomic mass is 35.5. The highest BCUT2D eigenvalue weighted by Crippen LogP contribution is 2.20. The standard InChI is InChI=1S/C10H15ClN2O2/c1-6(2)9-12-4-8(11)13(9)5-7(3)10(14)15/h4,6-7H,5H2,1-3H3,(H,14,15). The minimum absolute atomic E-state index is 0.235. The second kappa shape index (κ2) is 4.66. The number of imidazole rings is 1. The van der Waals surface area contributed by atoms with Crippen molar-refractivity contribution in [2.24, 2.45) is 5.92 Å². The van der Waals surface area contributed by atoms with Crippen LogP contribution in [0.5, 0.6) is 0 Å². The van der Waals surface area contributed by atoms with E-state index in [1.165, 1.54) is 0 Å². The lowest BCUT2D eigenvalue weighted by Gasteiger charge is -2.13. The molecule has 0 spiro atoms. The van der Waals surface area contributed by atoms with Gasteiger partial charge in [0, 0.05) is 12.5 Å². The molecular formula is C10H15ClN2O2. The minimum atomic E-state index is -0.825. The molecule has 0 aliphatic rings. The van der Waals surface area contributed by atoms with E-state index in [1.54, 1.807) is 17.7 Å². The van der Waals surface area contributed by atoms with Gasteiger partial charge in [-0.05, 0) is 0 Å². The van der Waals surface area contributed by atoms with Crippen molar-refractivity contribution in [2.45, 2.75) is 33.2 Å². The average molecular weight is 231 g/mol. The quantitative estimate of drug-likeness (QED) is 0.864. The maximum Gasteiger partial charge on any atom is 0.308 e. The molecule has 0 aromatic carbocycles. The molecule has 0 fully saturated rings. The first-order chi connectivity index (χ1) is 6.93. The fourth-order valence-corrected chi connectivity index (χ4v) is 1.57. The smallest absolute Gasteiger partial charge is 0.308 e. The molecule has 4 nitrogen and oxygen atoms in total. The Bertz CT molecular complexity index is 360. The molecule has 1 unspecified atom stereocenters. The Kier molecular flexibility index (Phi) is 3.74. The molecule has 0 aliphatic heterocycles. The van der Waals surface area contributed by atoms with Crippen LogP contribution >= 0.6 is 11.6 Å². The number of carboxylic acids is 1. The zero-order valence-electron chi connectivity index (χ0n) is 9.07. The van der Waals surface area contributed by atoms with Crippen LogP contribution in [0.15, 0.2) is 6.20 Å². The first-order valence-electron chi connectivity index (χ1n) is 4.87. The Morgan fingerprint density at radius 1 is 1.60 bits per heavy atom. The Balaban J connectivity index is 2.92. The molecule has 0 saturated heterocycles. The lowest BCUT2D eigenvalue weighted by Crippen LogP contribution is -2.18. The number of hydrogen-bond acceptors (Lipinski definition) is 2. The van der Waals surface area contributed by atoms with Gasteiger partial charge in [-0.2, -0.15) is 0 Å². The summed E-state index contributed by atoms with van der Waals surface area (Å²) in [4.78, 5) is 14.9. The summed E-state index contributed by atoms with van der Waals surface area (Å²) in [5.74, 6) is -0.227. The van der Waals surface area contributed by atoms with E-state index in [0.29, 0.717) is 11.7 Å². The number of aromatic nitrogens is 2. The molecule has 1 aromatic rings. The van der Waals surface area contributed by atoms with Crippen molar-refractivity contribution in [1.82, 2.24) is 9.55 Å². The molecule has 1 rings (SSSR count). The van der Waals surface area contributed by atoms with E-state index in [1.807, 2.05) is 13.8 Å². The van der Waals surface area contributed by atoms with Crippen molar-refractivity contribution in [2.75, 3.05) is 0 Å². The summed E-state index contributed by atoms with van der Waals surface area (Å²) in [6, 6.07) is 0. The lowest BCUT2D eigenvalue weighted by atomic mass is 10.1. The summed E-state index contributed by atoms with van der Waals surface area (Å²) >= 11 is 5.95. The first kappa shape index (κ1) is 12.0. The van der Waals surface area contributed by atoms with Gasteiger partial charge in [0.25, 0.3) is 0 Å². The lowest BCUT2D eigenvalue weighted by molar-refractivity contribution is -0.141. The number of rotatable bonds is 4. The summed E-state index contributed by atoms with van der Waals surface area (Å²) in [6.07, 6.45) is 1.56. The third-order valence-corrected chi connectivity index (χ3v) is 2.53. The zero-order chi connectivity index (χ0) is 11.6. The molecule has 0 saturated carbocycles. The zero-order valence-corrected chi connectivity index (χ0v) is 9.82. The monoisotopic (exact) mass is 230 g/mol. The summed E-state index contributed by atoms with van der Waals surface area (Å²) in [6.45, 7) is 6.02. The number of nitrogens with zero attached hydrogens (tertiary/aromatic N) is 2. The van der Waals surface area contributed by atoms with Crippen LogP contribution in [-0.2, 0) is 11.3 Å². The van der Waals surface area contributed by atoms with E-state index in [-0.39, 0.29) is 5.92 Å². The van der Waals surface area contributed by atoms with Gasteiger partial charge in [0.2, 0.25) is 0 Å². The Hall–Kier alpha value is -1.03. The van der Waals surface area contributed by atoms with Gasteiger partial charge in [0.05, 0.1) is 12.1 Å². The Labute approximate surface area is 93.9 Å². The molecule has 0 aliphatic carbocycles. The van der Waals surface area contributed by atoms with Crippen LogP contribution < -0.4 is 0 Å². The van der Waals surface area contributed by atoms with Crippen molar-refractivity contribution in [3.8, 4) is 0 Å². The molecule has 0 bridgehead atoms. The van der Waals surface area contributed by atoms with Gasteiger partial charge in [-0.15, -0.1) is 0 Å². The van der Waals surface area contributed by atoms with Crippen LogP contribution in [0.4, 0.5) is 0 Å². The summed E-state index contributed by atoms with van der Waals surface area (Å²) in [7, 11) is 0. The van der Waals surface area contributed by atoms with Gasteiger partial charge < -0.3 is 9.67 Å². The normalized spacial score (nSPS) is 13.1. The van der Waals surface area contributed by atoms with Crippen molar-refractivity contribution >= 4 is 17.6 Å². The van der Waals surface area contributed by atoms with Crippen LogP contribution in [0, 0.1) is 5.92 Å². The fraction of sp³-hybridized carbons (Fsp3) is 0.600. The third-order valence-electron chi connectivity index (χ3n) is 2.23. The van der Waals surface area contributed by atoms with Crippen molar-refractivity contribution in [1.29, 1.82) is 0 Å². The van der Waals surface area contributed by atoms with Crippen LogP contribution in [-0.4, -0.2) is 20.6 Å². The third kappa shape index (κ3) is 2.72. The number of carbonyl (C=O) groups is 1. The number of carboxylic acid groups (broad SMARTS) is 1. The van der Waals surface area contributed by atoms with E-state index >= 15 is 0 Å². The van der Waals surface area contributed by atoms with Gasteiger partial charge in [-0.25, -0.2) is 4.98 Å². The van der Waals surface area contributed by atoms with Gasteiger partial charge in [0.15, 0.2) is 0 Å². The van der Waals surface area contributed by atoms with Crippen LogP contribution in [0.25, 0.3) is 0 Å². The molecule has 15 heavy (non-hydrogen) atoms. The van der Waals surface area contributed by atoms with E-state index in [9.17, 15) is 4.79 Å². The molecule has 1 aromatic heterocycles. The van der Waals surface area contributed by atoms with Gasteiger partial charge in [-0.1, -0.05) is 32.4 Å². The summed E-state index contributed by atoms with van der Waals surface area (Å²) in [5, 5.41) is 9.32. The van der Waals surface area contributed by atoms with Crippen LogP contribution in [0.1, 0.15) is 32.5 Å². The summed E-state index contributed by atoms with van der Waals surface area (Å²) < 4.78 is 1.75. The van der Waals surface area contributed by atoms with Gasteiger partial charge in [-0.3, -0.25) is 4.79 Å². The van der Waals surface area contributed by atoms with E-state index < -0.39 is 11.9 Å². The second-order valence-corrected chi connectivity index (χ2v) is 4.33. The van der Waals surface area contributed by atoms with Crippen molar-refractivity contribution in [3.05, 3.63) is 17.2 Å². The molecule has 1 N–H and O–H groups in total. The topological polar surface area (TPSA) is 55.1 Å². The highest BCUT2D eigenvalue weighted by Gasteiger charge is 2.17. The number of halogens is 1. The predicted octanol–water partition coefficient (Wildman–Crippen LogP) is 2.38. The van der Waals surface area contributed by atoms with E-state index in [0.717, 1.165) is 5.82 Å². The largest absolute Gasteiger partial charge is 0.481 e. The Morgan fingerprint density at radius 2 is 2.20 bits per heavy atom.